The van der Waals surface area contributed by atoms with Gasteiger partial charge in [0.15, 0.2) is 0 Å². The summed E-state index contributed by atoms with van der Waals surface area (Å²) in [5.74, 6) is 1.58. The molecule has 9 nitrogen and oxygen atoms in total. The van der Waals surface area contributed by atoms with Crippen LogP contribution in [0.2, 0.25) is 0 Å². The third-order valence-corrected chi connectivity index (χ3v) is 7.64. The summed E-state index contributed by atoms with van der Waals surface area (Å²) >= 11 is 0. The van der Waals surface area contributed by atoms with Crippen molar-refractivity contribution in [2.75, 3.05) is 43.0 Å². The Labute approximate surface area is 222 Å². The lowest BCUT2D eigenvalue weighted by Crippen LogP contribution is -2.46. The van der Waals surface area contributed by atoms with E-state index in [1.54, 1.807) is 30.3 Å². The van der Waals surface area contributed by atoms with Crippen molar-refractivity contribution >= 4 is 38.6 Å². The highest BCUT2D eigenvalue weighted by Gasteiger charge is 2.28. The van der Waals surface area contributed by atoms with Gasteiger partial charge in [0, 0.05) is 51.5 Å². The summed E-state index contributed by atoms with van der Waals surface area (Å²) in [7, 11) is -2.31. The summed E-state index contributed by atoms with van der Waals surface area (Å²) in [4.78, 5) is 27.1. The van der Waals surface area contributed by atoms with Gasteiger partial charge in [-0.1, -0.05) is 60.7 Å². The topological polar surface area (TPSA) is 107 Å². The molecule has 4 aromatic rings. The molecular weight excluding hydrogens is 502 g/mol. The van der Waals surface area contributed by atoms with Crippen molar-refractivity contribution in [2.45, 2.75) is 17.9 Å². The molecule has 1 fully saturated rings. The molecule has 38 heavy (non-hydrogen) atoms. The Kier molecular flexibility index (Phi) is 7.37. The van der Waals surface area contributed by atoms with E-state index in [9.17, 15) is 13.2 Å². The van der Waals surface area contributed by atoms with Crippen LogP contribution in [0.4, 0.5) is 11.8 Å². The van der Waals surface area contributed by atoms with E-state index in [-0.39, 0.29) is 10.8 Å². The lowest BCUT2D eigenvalue weighted by molar-refractivity contribution is -0.117. The first kappa shape index (κ1) is 25.8. The van der Waals surface area contributed by atoms with E-state index >= 15 is 0 Å². The number of carbonyl (C=O) groups is 1. The zero-order chi connectivity index (χ0) is 26.7. The average Bonchev–Trinajstić information content (AvgIpc) is 3.22. The number of anilines is 2. The highest BCUT2D eigenvalue weighted by atomic mass is 32.2. The highest BCUT2D eigenvalue weighted by Crippen LogP contribution is 2.27. The first-order valence-electron chi connectivity index (χ1n) is 12.4. The molecule has 6 rings (SSSR count). The second-order valence-corrected chi connectivity index (χ2v) is 10.8. The SMILES string of the molecule is CN1C(=O)Cc2cnc(N3CCN(Cc4ccccc4)CC3)nc21.O=S(=O)(O)c1ccc2ccccc2c1. The van der Waals surface area contributed by atoms with Gasteiger partial charge in [0.2, 0.25) is 11.9 Å². The Bertz CT molecular complexity index is 1550. The van der Waals surface area contributed by atoms with Gasteiger partial charge in [-0.2, -0.15) is 13.4 Å². The minimum Gasteiger partial charge on any atom is -0.338 e. The molecule has 1 aromatic heterocycles. The monoisotopic (exact) mass is 531 g/mol. The van der Waals surface area contributed by atoms with Gasteiger partial charge in [-0.15, -0.1) is 0 Å². The minimum absolute atomic E-state index is 0.0730. The molecule has 3 aromatic carbocycles. The first-order chi connectivity index (χ1) is 18.3. The molecule has 196 valence electrons. The number of hydrogen-bond acceptors (Lipinski definition) is 7. The Hall–Kier alpha value is -3.86. The molecule has 2 aliphatic heterocycles. The van der Waals surface area contributed by atoms with E-state index in [2.05, 4.69) is 44.0 Å². The Balaban J connectivity index is 0.000000179. The summed E-state index contributed by atoms with van der Waals surface area (Å²) in [5, 5.41) is 1.74. The average molecular weight is 532 g/mol. The number of rotatable bonds is 4. The number of carbonyl (C=O) groups excluding carboxylic acids is 1. The van der Waals surface area contributed by atoms with Crippen LogP contribution in [0.3, 0.4) is 0 Å². The highest BCUT2D eigenvalue weighted by molar-refractivity contribution is 7.85. The van der Waals surface area contributed by atoms with E-state index < -0.39 is 10.1 Å². The summed E-state index contributed by atoms with van der Waals surface area (Å²) in [6, 6.07) is 22.4. The summed E-state index contributed by atoms with van der Waals surface area (Å²) in [6.45, 7) is 4.78. The van der Waals surface area contributed by atoms with Crippen LogP contribution in [0.1, 0.15) is 11.1 Å². The lowest BCUT2D eigenvalue weighted by atomic mass is 10.1. The maximum atomic E-state index is 11.8. The van der Waals surface area contributed by atoms with Crippen molar-refractivity contribution in [2.24, 2.45) is 0 Å². The molecule has 0 bridgehead atoms. The van der Waals surface area contributed by atoms with Crippen molar-refractivity contribution in [3.63, 3.8) is 0 Å². The van der Waals surface area contributed by atoms with Crippen molar-refractivity contribution in [3.05, 3.63) is 90.1 Å². The van der Waals surface area contributed by atoms with Crippen molar-refractivity contribution in [1.82, 2.24) is 14.9 Å². The number of hydrogen-bond donors (Lipinski definition) is 1. The van der Waals surface area contributed by atoms with Crippen LogP contribution in [0.25, 0.3) is 10.8 Å². The van der Waals surface area contributed by atoms with E-state index in [4.69, 9.17) is 4.55 Å². The fraction of sp³-hybridized carbons (Fsp3) is 0.250. The molecule has 1 amide bonds. The molecule has 10 heteroatoms. The summed E-state index contributed by atoms with van der Waals surface area (Å²) < 4.78 is 30.5. The van der Waals surface area contributed by atoms with Gasteiger partial charge in [-0.3, -0.25) is 19.1 Å². The van der Waals surface area contributed by atoms with Gasteiger partial charge < -0.3 is 4.90 Å². The van der Waals surface area contributed by atoms with Crippen molar-refractivity contribution in [3.8, 4) is 0 Å². The van der Waals surface area contributed by atoms with Crippen LogP contribution in [0, 0.1) is 0 Å². The number of fused-ring (bicyclic) bond motifs is 2. The van der Waals surface area contributed by atoms with E-state index in [0.717, 1.165) is 60.8 Å². The summed E-state index contributed by atoms with van der Waals surface area (Å²) in [5.41, 5.74) is 2.27. The van der Waals surface area contributed by atoms with Crippen molar-refractivity contribution in [1.29, 1.82) is 0 Å². The van der Waals surface area contributed by atoms with Crippen LogP contribution in [-0.2, 0) is 27.9 Å². The van der Waals surface area contributed by atoms with Gasteiger partial charge >= 0.3 is 0 Å². The van der Waals surface area contributed by atoms with Crippen LogP contribution in [-0.4, -0.2) is 67.0 Å². The molecule has 2 aliphatic rings. The Morgan fingerprint density at radius 1 is 0.895 bits per heavy atom. The second-order valence-electron chi connectivity index (χ2n) is 9.38. The number of likely N-dealkylation sites (N-methyl/N-ethyl adjacent to an activating group) is 1. The maximum absolute atomic E-state index is 11.8. The Morgan fingerprint density at radius 2 is 1.58 bits per heavy atom. The van der Waals surface area contributed by atoms with Crippen molar-refractivity contribution < 1.29 is 17.8 Å². The van der Waals surface area contributed by atoms with Gasteiger partial charge in [-0.25, -0.2) is 4.98 Å². The quantitative estimate of drug-likeness (QED) is 0.400. The maximum Gasteiger partial charge on any atom is 0.294 e. The zero-order valence-corrected chi connectivity index (χ0v) is 21.9. The second kappa shape index (κ2) is 10.9. The van der Waals surface area contributed by atoms with Crippen LogP contribution < -0.4 is 9.80 Å². The molecule has 1 saturated heterocycles. The molecule has 0 unspecified atom stereocenters. The fourth-order valence-electron chi connectivity index (χ4n) is 4.63. The molecule has 0 saturated carbocycles. The first-order valence-corrected chi connectivity index (χ1v) is 13.8. The molecule has 0 aliphatic carbocycles. The van der Waals surface area contributed by atoms with Gasteiger partial charge in [0.1, 0.15) is 5.82 Å². The molecule has 1 N–H and O–H groups in total. The summed E-state index contributed by atoms with van der Waals surface area (Å²) in [6.07, 6.45) is 2.21. The van der Waals surface area contributed by atoms with Gasteiger partial charge in [0.05, 0.1) is 11.3 Å². The van der Waals surface area contributed by atoms with E-state index in [1.807, 2.05) is 24.3 Å². The molecule has 0 atom stereocenters. The van der Waals surface area contributed by atoms with Gasteiger partial charge in [-0.05, 0) is 28.5 Å². The number of aromatic nitrogens is 2. The van der Waals surface area contributed by atoms with E-state index in [0.29, 0.717) is 6.42 Å². The zero-order valence-electron chi connectivity index (χ0n) is 21.1. The molecule has 3 heterocycles. The van der Waals surface area contributed by atoms with Crippen LogP contribution >= 0.6 is 0 Å². The predicted molar refractivity (Wildman–Crippen MR) is 147 cm³/mol. The standard InChI is InChI=1S/C18H21N5O.C10H8O3S/c1-21-16(24)11-15-12-19-18(20-17(15)21)23-9-7-22(8-10-23)13-14-5-3-2-4-6-14;11-14(12,13)10-6-5-8-3-1-2-4-9(8)7-10/h2-6,12H,7-11,13H2,1H3;1-7H,(H,11,12,13). The number of piperazine rings is 1. The smallest absolute Gasteiger partial charge is 0.294 e. The molecule has 0 radical (unpaired) electrons. The normalized spacial score (nSPS) is 15.8. The Morgan fingerprint density at radius 3 is 2.29 bits per heavy atom. The van der Waals surface area contributed by atoms with Gasteiger partial charge in [0.25, 0.3) is 10.1 Å². The number of benzene rings is 3. The minimum atomic E-state index is -4.09. The number of amides is 1. The third kappa shape index (κ3) is 5.83. The largest absolute Gasteiger partial charge is 0.338 e. The molecule has 0 spiro atoms. The van der Waals surface area contributed by atoms with Crippen LogP contribution in [0.15, 0.2) is 83.9 Å². The third-order valence-electron chi connectivity index (χ3n) is 6.79. The predicted octanol–water partition coefficient (Wildman–Crippen LogP) is 3.40. The lowest BCUT2D eigenvalue weighted by Gasteiger charge is -2.34. The van der Waals surface area contributed by atoms with Crippen LogP contribution in [0.5, 0.6) is 0 Å². The fourth-order valence-corrected chi connectivity index (χ4v) is 5.15. The number of nitrogens with zero attached hydrogens (tertiary/aromatic N) is 5. The van der Waals surface area contributed by atoms with E-state index in [1.165, 1.54) is 17.7 Å². The molecular formula is C28H29N5O4S.